The van der Waals surface area contributed by atoms with Gasteiger partial charge >= 0.3 is 12.1 Å². The number of carbonyl (C=O) groups is 2. The first kappa shape index (κ1) is 23.7. The van der Waals surface area contributed by atoms with Crippen LogP contribution in [-0.4, -0.2) is 72.1 Å². The van der Waals surface area contributed by atoms with Crippen molar-refractivity contribution in [1.82, 2.24) is 19.0 Å². The molecular formula is C18H18F4N4O5S. The molecule has 0 N–H and O–H groups in total. The maximum Gasteiger partial charge on any atom is 0.435 e. The normalized spacial score (nSPS) is 15.6. The molecule has 1 aromatic carbocycles. The van der Waals surface area contributed by atoms with Gasteiger partial charge in [0.25, 0.3) is 5.91 Å². The molecule has 0 radical (unpaired) electrons. The zero-order valence-corrected chi connectivity index (χ0v) is 17.3. The van der Waals surface area contributed by atoms with Gasteiger partial charge in [-0.1, -0.05) is 0 Å². The van der Waals surface area contributed by atoms with Crippen molar-refractivity contribution >= 4 is 21.9 Å². The predicted octanol–water partition coefficient (Wildman–Crippen LogP) is 1.12. The number of sulfonamides is 1. The number of piperazine rings is 1. The van der Waals surface area contributed by atoms with Gasteiger partial charge in [-0.05, 0) is 30.3 Å². The van der Waals surface area contributed by atoms with Gasteiger partial charge in [-0.3, -0.25) is 14.3 Å². The maximum absolute atomic E-state index is 13.0. The molecule has 14 heteroatoms. The fraction of sp³-hybridized carbons (Fsp3) is 0.389. The molecule has 0 aliphatic carbocycles. The summed E-state index contributed by atoms with van der Waals surface area (Å²) in [5.74, 6) is -2.09. The van der Waals surface area contributed by atoms with Gasteiger partial charge in [0.1, 0.15) is 12.4 Å². The van der Waals surface area contributed by atoms with Crippen LogP contribution < -0.4 is 0 Å². The largest absolute Gasteiger partial charge is 0.454 e. The first-order chi connectivity index (χ1) is 15.0. The van der Waals surface area contributed by atoms with Gasteiger partial charge in [0.2, 0.25) is 10.0 Å². The van der Waals surface area contributed by atoms with Gasteiger partial charge in [0, 0.05) is 32.4 Å². The van der Waals surface area contributed by atoms with E-state index in [9.17, 15) is 35.6 Å². The van der Waals surface area contributed by atoms with Crippen molar-refractivity contribution in [3.05, 3.63) is 48.0 Å². The lowest BCUT2D eigenvalue weighted by atomic mass is 10.3. The van der Waals surface area contributed by atoms with E-state index in [1.54, 1.807) is 0 Å². The van der Waals surface area contributed by atoms with Crippen LogP contribution in [0.5, 0.6) is 0 Å². The number of ether oxygens (including phenoxy) is 1. The summed E-state index contributed by atoms with van der Waals surface area (Å²) in [5.41, 5.74) is -1.16. The quantitative estimate of drug-likeness (QED) is 0.456. The van der Waals surface area contributed by atoms with Crippen LogP contribution in [-0.2, 0) is 37.1 Å². The number of hydrogen-bond donors (Lipinski definition) is 0. The van der Waals surface area contributed by atoms with Crippen LogP contribution in [0.15, 0.2) is 41.4 Å². The third kappa shape index (κ3) is 5.62. The molecule has 0 saturated carbocycles. The fourth-order valence-corrected chi connectivity index (χ4v) is 4.37. The van der Waals surface area contributed by atoms with Gasteiger partial charge in [-0.2, -0.15) is 22.6 Å². The third-order valence-electron chi connectivity index (χ3n) is 4.62. The van der Waals surface area contributed by atoms with Crippen LogP contribution >= 0.6 is 0 Å². The van der Waals surface area contributed by atoms with Crippen molar-refractivity contribution in [2.24, 2.45) is 0 Å². The summed E-state index contributed by atoms with van der Waals surface area (Å²) in [7, 11) is -3.84. The number of nitrogens with zero attached hydrogens (tertiary/aromatic N) is 4. The van der Waals surface area contributed by atoms with Crippen molar-refractivity contribution in [2.45, 2.75) is 17.6 Å². The van der Waals surface area contributed by atoms with Crippen LogP contribution in [0, 0.1) is 5.82 Å². The molecule has 0 atom stereocenters. The molecule has 1 aliphatic rings. The number of halogens is 4. The summed E-state index contributed by atoms with van der Waals surface area (Å²) in [6.07, 6.45) is -3.68. The number of carbonyl (C=O) groups excluding carboxylic acids is 2. The lowest BCUT2D eigenvalue weighted by Gasteiger charge is -2.33. The Bertz CT molecular complexity index is 1080. The predicted molar refractivity (Wildman–Crippen MR) is 99.9 cm³/mol. The van der Waals surface area contributed by atoms with Crippen LogP contribution in [0.4, 0.5) is 17.6 Å². The number of hydrogen-bond acceptors (Lipinski definition) is 6. The molecule has 0 unspecified atom stereocenters. The highest BCUT2D eigenvalue weighted by Gasteiger charge is 2.34. The van der Waals surface area contributed by atoms with Gasteiger partial charge in [0.05, 0.1) is 4.90 Å². The van der Waals surface area contributed by atoms with E-state index in [4.69, 9.17) is 4.74 Å². The van der Waals surface area contributed by atoms with Gasteiger partial charge in [0.15, 0.2) is 12.3 Å². The van der Waals surface area contributed by atoms with E-state index >= 15 is 0 Å². The molecule has 2 aromatic rings. The van der Waals surface area contributed by atoms with E-state index in [-0.39, 0.29) is 31.1 Å². The number of alkyl halides is 3. The monoisotopic (exact) mass is 478 g/mol. The van der Waals surface area contributed by atoms with Gasteiger partial charge in [-0.25, -0.2) is 12.8 Å². The lowest BCUT2D eigenvalue weighted by molar-refractivity contribution is -0.153. The lowest BCUT2D eigenvalue weighted by Crippen LogP contribution is -2.51. The van der Waals surface area contributed by atoms with Crippen molar-refractivity contribution in [2.75, 3.05) is 32.8 Å². The minimum Gasteiger partial charge on any atom is -0.454 e. The molecule has 1 saturated heterocycles. The van der Waals surface area contributed by atoms with E-state index in [0.717, 1.165) is 39.4 Å². The first-order valence-electron chi connectivity index (χ1n) is 9.26. The molecule has 0 spiro atoms. The van der Waals surface area contributed by atoms with Crippen molar-refractivity contribution in [3.63, 3.8) is 0 Å². The Hall–Kier alpha value is -3.00. The molecule has 32 heavy (non-hydrogen) atoms. The molecule has 1 aromatic heterocycles. The Balaban J connectivity index is 1.46. The maximum atomic E-state index is 13.0. The Morgan fingerprint density at radius 1 is 1.03 bits per heavy atom. The number of amides is 1. The highest BCUT2D eigenvalue weighted by atomic mass is 32.2. The number of benzene rings is 1. The minimum atomic E-state index is -4.64. The van der Waals surface area contributed by atoms with E-state index in [1.165, 1.54) is 4.90 Å². The molecule has 2 heterocycles. The second-order valence-electron chi connectivity index (χ2n) is 6.80. The molecule has 3 rings (SSSR count). The molecule has 1 aliphatic heterocycles. The Morgan fingerprint density at radius 3 is 2.22 bits per heavy atom. The summed E-state index contributed by atoms with van der Waals surface area (Å²) in [5, 5.41) is 3.21. The van der Waals surface area contributed by atoms with Crippen molar-refractivity contribution < 1.29 is 40.3 Å². The van der Waals surface area contributed by atoms with Crippen LogP contribution in [0.25, 0.3) is 0 Å². The fourth-order valence-electron chi connectivity index (χ4n) is 2.95. The summed E-state index contributed by atoms with van der Waals surface area (Å²) >= 11 is 0. The highest BCUT2D eigenvalue weighted by molar-refractivity contribution is 7.89. The van der Waals surface area contributed by atoms with Crippen molar-refractivity contribution in [1.29, 1.82) is 0 Å². The van der Waals surface area contributed by atoms with E-state index in [0.29, 0.717) is 6.07 Å². The van der Waals surface area contributed by atoms with E-state index in [1.807, 2.05) is 0 Å². The average Bonchev–Trinajstić information content (AvgIpc) is 3.21. The standard InChI is InChI=1S/C18H18F4N4O5S/c19-13-1-3-14(4-2-13)32(29,30)26-9-7-24(8-10-26)16(27)12-31-17(28)11-25-6-5-15(23-25)18(20,21)22/h1-6H,7-12H2. The highest BCUT2D eigenvalue weighted by Crippen LogP contribution is 2.27. The smallest absolute Gasteiger partial charge is 0.435 e. The Kier molecular flexibility index (Phi) is 6.83. The van der Waals surface area contributed by atoms with E-state index < -0.39 is 52.7 Å². The zero-order chi connectivity index (χ0) is 23.5. The molecule has 9 nitrogen and oxygen atoms in total. The second kappa shape index (κ2) is 9.24. The van der Waals surface area contributed by atoms with Gasteiger partial charge in [-0.15, -0.1) is 0 Å². The third-order valence-corrected chi connectivity index (χ3v) is 6.53. The van der Waals surface area contributed by atoms with E-state index in [2.05, 4.69) is 5.10 Å². The molecule has 0 bridgehead atoms. The van der Waals surface area contributed by atoms with Crippen molar-refractivity contribution in [3.8, 4) is 0 Å². The number of rotatable bonds is 6. The molecule has 1 amide bonds. The molecule has 1 fully saturated rings. The molecular weight excluding hydrogens is 460 g/mol. The summed E-state index contributed by atoms with van der Waals surface area (Å²) in [6.45, 7) is -1.17. The minimum absolute atomic E-state index is 0.00704. The van der Waals surface area contributed by atoms with Crippen LogP contribution in [0.2, 0.25) is 0 Å². The van der Waals surface area contributed by atoms with Gasteiger partial charge < -0.3 is 9.64 Å². The molecule has 174 valence electrons. The van der Waals surface area contributed by atoms with Crippen LogP contribution in [0.1, 0.15) is 5.69 Å². The summed E-state index contributed by atoms with van der Waals surface area (Å²) in [6, 6.07) is 5.08. The number of esters is 1. The average molecular weight is 478 g/mol. The Morgan fingerprint density at radius 2 is 1.66 bits per heavy atom. The second-order valence-corrected chi connectivity index (χ2v) is 8.73. The van der Waals surface area contributed by atoms with Crippen LogP contribution in [0.3, 0.4) is 0 Å². The Labute approximate surface area is 180 Å². The summed E-state index contributed by atoms with van der Waals surface area (Å²) < 4.78 is 82.4. The number of aromatic nitrogens is 2. The summed E-state index contributed by atoms with van der Waals surface area (Å²) in [4.78, 5) is 25.2. The zero-order valence-electron chi connectivity index (χ0n) is 16.5. The first-order valence-corrected chi connectivity index (χ1v) is 10.7. The topological polar surface area (TPSA) is 102 Å². The SMILES string of the molecule is O=C(Cn1ccc(C(F)(F)F)n1)OCC(=O)N1CCN(S(=O)(=O)c2ccc(F)cc2)CC1.